The molecule has 2 aromatic rings. The van der Waals surface area contributed by atoms with Crippen LogP contribution in [0, 0.1) is 5.41 Å². The van der Waals surface area contributed by atoms with Gasteiger partial charge in [-0.05, 0) is 49.6 Å². The number of nitrogens with zero attached hydrogens (tertiary/aromatic N) is 4. The number of piperidine rings is 1. The number of benzene rings is 1. The van der Waals surface area contributed by atoms with Crippen molar-refractivity contribution < 1.29 is 10.0 Å². The first-order valence-electron chi connectivity index (χ1n) is 9.75. The van der Waals surface area contributed by atoms with E-state index >= 15 is 0 Å². The van der Waals surface area contributed by atoms with Crippen molar-refractivity contribution >= 4 is 35.0 Å². The van der Waals surface area contributed by atoms with Gasteiger partial charge in [-0.3, -0.25) is 4.79 Å². The van der Waals surface area contributed by atoms with E-state index in [2.05, 4.69) is 30.7 Å². The zero-order valence-corrected chi connectivity index (χ0v) is 16.8. The fourth-order valence-corrected chi connectivity index (χ4v) is 3.24. The molecule has 3 rings (SSSR count). The highest BCUT2D eigenvalue weighted by atomic mass is 16.4. The summed E-state index contributed by atoms with van der Waals surface area (Å²) < 4.78 is 0. The van der Waals surface area contributed by atoms with Gasteiger partial charge in [0.15, 0.2) is 5.84 Å². The predicted molar refractivity (Wildman–Crippen MR) is 118 cm³/mol. The molecular formula is C21H25N7O2. The standard InChI is InChI=1S/C21H25N7O2/c1-23-19-12-18(24-14-25-19)16(13-22)11-20(27-30)26-21(29)15-5-7-17(8-6-15)28-9-3-2-4-10-28/h5-8,11-14,22,30H,2-4,9-10H2,1H3,(H,23,24,25)(H,26,27,29). The summed E-state index contributed by atoms with van der Waals surface area (Å²) in [5, 5.41) is 25.5. The molecule has 156 valence electrons. The van der Waals surface area contributed by atoms with Crippen LogP contribution < -0.4 is 15.5 Å². The summed E-state index contributed by atoms with van der Waals surface area (Å²) in [7, 11) is 1.72. The number of carbonyl (C=O) groups excluding carboxylic acids is 1. The Labute approximate surface area is 175 Å². The molecular weight excluding hydrogens is 382 g/mol. The summed E-state index contributed by atoms with van der Waals surface area (Å²) in [6.07, 6.45) is 7.42. The third-order valence-corrected chi connectivity index (χ3v) is 4.87. The van der Waals surface area contributed by atoms with Crippen molar-refractivity contribution in [2.24, 2.45) is 5.16 Å². The van der Waals surface area contributed by atoms with Crippen molar-refractivity contribution in [3.63, 3.8) is 0 Å². The number of nitrogens with one attached hydrogen (secondary N) is 3. The monoisotopic (exact) mass is 407 g/mol. The average Bonchev–Trinajstić information content (AvgIpc) is 2.82. The maximum Gasteiger partial charge on any atom is 0.256 e. The molecule has 0 atom stereocenters. The van der Waals surface area contributed by atoms with Crippen molar-refractivity contribution in [1.29, 1.82) is 5.41 Å². The quantitative estimate of drug-likeness (QED) is 0.252. The second-order valence-electron chi connectivity index (χ2n) is 6.82. The first-order valence-corrected chi connectivity index (χ1v) is 9.75. The molecule has 1 saturated heterocycles. The molecule has 0 spiro atoms. The number of aromatic nitrogens is 2. The second-order valence-corrected chi connectivity index (χ2v) is 6.82. The average molecular weight is 407 g/mol. The molecule has 1 aromatic heterocycles. The number of amidine groups is 1. The molecule has 9 heteroatoms. The maximum absolute atomic E-state index is 12.6. The molecule has 9 nitrogen and oxygen atoms in total. The van der Waals surface area contributed by atoms with Crippen LogP contribution in [0.4, 0.5) is 11.5 Å². The smallest absolute Gasteiger partial charge is 0.256 e. The van der Waals surface area contributed by atoms with Crippen molar-refractivity contribution in [2.45, 2.75) is 19.3 Å². The lowest BCUT2D eigenvalue weighted by Crippen LogP contribution is -2.30. The SMILES string of the molecule is CNc1cc(C(C=N)=CC(=NO)NC(=O)c2ccc(N3CCCCC3)cc2)ncn1. The molecule has 2 heterocycles. The summed E-state index contributed by atoms with van der Waals surface area (Å²) in [6.45, 7) is 2.06. The van der Waals surface area contributed by atoms with Gasteiger partial charge in [0.1, 0.15) is 12.1 Å². The van der Waals surface area contributed by atoms with Crippen molar-refractivity contribution in [1.82, 2.24) is 15.3 Å². The van der Waals surface area contributed by atoms with E-state index in [1.165, 1.54) is 31.7 Å². The Bertz CT molecular complexity index is 948. The molecule has 30 heavy (non-hydrogen) atoms. The molecule has 1 fully saturated rings. The molecule has 1 aliphatic heterocycles. The third kappa shape index (κ3) is 5.19. The zero-order chi connectivity index (χ0) is 21.3. The van der Waals surface area contributed by atoms with Gasteiger partial charge in [-0.15, -0.1) is 0 Å². The van der Waals surface area contributed by atoms with E-state index in [0.29, 0.717) is 22.6 Å². The highest BCUT2D eigenvalue weighted by molar-refractivity contribution is 6.19. The van der Waals surface area contributed by atoms with Gasteiger partial charge in [0.05, 0.1) is 5.69 Å². The van der Waals surface area contributed by atoms with Crippen LogP contribution >= 0.6 is 0 Å². The molecule has 1 aliphatic rings. The summed E-state index contributed by atoms with van der Waals surface area (Å²) >= 11 is 0. The summed E-state index contributed by atoms with van der Waals surface area (Å²) in [5.74, 6) is 0.0727. The minimum absolute atomic E-state index is 0.0942. The first kappa shape index (κ1) is 21.0. The van der Waals surface area contributed by atoms with E-state index in [1.54, 1.807) is 25.2 Å². The Morgan fingerprint density at radius 3 is 2.57 bits per heavy atom. The molecule has 0 aliphatic carbocycles. The van der Waals surface area contributed by atoms with Gasteiger partial charge in [0.25, 0.3) is 5.91 Å². The van der Waals surface area contributed by atoms with Crippen LogP contribution in [0.3, 0.4) is 0 Å². The van der Waals surface area contributed by atoms with Crippen molar-refractivity contribution in [3.05, 3.63) is 54.0 Å². The lowest BCUT2D eigenvalue weighted by atomic mass is 10.1. The van der Waals surface area contributed by atoms with E-state index in [1.807, 2.05) is 12.1 Å². The number of anilines is 2. The molecule has 0 bridgehead atoms. The number of rotatable bonds is 6. The molecule has 0 saturated carbocycles. The third-order valence-electron chi connectivity index (χ3n) is 4.87. The molecule has 4 N–H and O–H groups in total. The minimum atomic E-state index is -0.410. The summed E-state index contributed by atoms with van der Waals surface area (Å²) in [5.41, 5.74) is 2.34. The fraction of sp³-hybridized carbons (Fsp3) is 0.286. The maximum atomic E-state index is 12.6. The number of hydrogen-bond donors (Lipinski definition) is 4. The van der Waals surface area contributed by atoms with Crippen LogP contribution in [0.5, 0.6) is 0 Å². The topological polar surface area (TPSA) is 127 Å². The number of oxime groups is 1. The Hall–Kier alpha value is -3.75. The molecule has 1 amide bonds. The Kier molecular flexibility index (Phi) is 7.09. The zero-order valence-electron chi connectivity index (χ0n) is 16.8. The van der Waals surface area contributed by atoms with Gasteiger partial charge in [0.2, 0.25) is 0 Å². The predicted octanol–water partition coefficient (Wildman–Crippen LogP) is 2.76. The Morgan fingerprint density at radius 1 is 1.20 bits per heavy atom. The van der Waals surface area contributed by atoms with Gasteiger partial charge in [-0.2, -0.15) is 0 Å². The summed E-state index contributed by atoms with van der Waals surface area (Å²) in [4.78, 5) is 23.0. The highest BCUT2D eigenvalue weighted by Gasteiger charge is 2.13. The van der Waals surface area contributed by atoms with Gasteiger partial charge in [-0.25, -0.2) is 9.97 Å². The van der Waals surface area contributed by atoms with E-state index in [0.717, 1.165) is 25.0 Å². The van der Waals surface area contributed by atoms with Crippen LogP contribution in [0.2, 0.25) is 0 Å². The van der Waals surface area contributed by atoms with E-state index in [4.69, 9.17) is 5.41 Å². The van der Waals surface area contributed by atoms with Crippen LogP contribution in [-0.2, 0) is 0 Å². The Morgan fingerprint density at radius 2 is 1.93 bits per heavy atom. The highest BCUT2D eigenvalue weighted by Crippen LogP contribution is 2.20. The van der Waals surface area contributed by atoms with Gasteiger partial charge >= 0.3 is 0 Å². The first-order chi connectivity index (χ1) is 14.6. The van der Waals surface area contributed by atoms with Crippen molar-refractivity contribution in [2.75, 3.05) is 30.4 Å². The summed E-state index contributed by atoms with van der Waals surface area (Å²) in [6, 6.07) is 9.00. The number of allylic oxidation sites excluding steroid dienone is 1. The molecule has 0 radical (unpaired) electrons. The number of carbonyl (C=O) groups is 1. The molecule has 0 unspecified atom stereocenters. The van der Waals surface area contributed by atoms with Crippen LogP contribution in [-0.4, -0.2) is 53.3 Å². The number of amides is 1. The normalized spacial score (nSPS) is 14.9. The van der Waals surface area contributed by atoms with E-state index in [9.17, 15) is 10.0 Å². The second kappa shape index (κ2) is 10.1. The van der Waals surface area contributed by atoms with Gasteiger partial charge in [0, 0.05) is 49.2 Å². The number of hydrogen-bond acceptors (Lipinski definition) is 8. The van der Waals surface area contributed by atoms with Gasteiger partial charge < -0.3 is 26.2 Å². The fourth-order valence-electron chi connectivity index (χ4n) is 3.24. The lowest BCUT2D eigenvalue weighted by Gasteiger charge is -2.28. The largest absolute Gasteiger partial charge is 0.409 e. The van der Waals surface area contributed by atoms with Crippen LogP contribution in [0.25, 0.3) is 5.57 Å². The Balaban J connectivity index is 1.72. The minimum Gasteiger partial charge on any atom is -0.409 e. The van der Waals surface area contributed by atoms with Gasteiger partial charge in [-0.1, -0.05) is 5.16 Å². The van der Waals surface area contributed by atoms with E-state index < -0.39 is 5.91 Å². The van der Waals surface area contributed by atoms with Crippen LogP contribution in [0.15, 0.2) is 47.9 Å². The van der Waals surface area contributed by atoms with E-state index in [-0.39, 0.29) is 5.84 Å². The lowest BCUT2D eigenvalue weighted by molar-refractivity contribution is 0.0976. The molecule has 1 aromatic carbocycles. The van der Waals surface area contributed by atoms with Crippen LogP contribution in [0.1, 0.15) is 35.3 Å². The van der Waals surface area contributed by atoms with Crippen molar-refractivity contribution in [3.8, 4) is 0 Å².